The Morgan fingerprint density at radius 3 is 2.50 bits per heavy atom. The molecule has 0 aliphatic heterocycles. The molecule has 1 atom stereocenters. The monoisotopic (exact) mass is 148 g/mol. The Hall–Kier alpha value is -1.03. The van der Waals surface area contributed by atoms with Crippen LogP contribution in [-0.2, 0) is 4.79 Å². The van der Waals surface area contributed by atoms with Crippen LogP contribution in [0.15, 0.2) is 24.1 Å². The molecule has 2 nitrogen and oxygen atoms in total. The van der Waals surface area contributed by atoms with E-state index < -0.39 is 17.8 Å². The Morgan fingerprint density at radius 1 is 1.50 bits per heavy atom. The number of alkyl halides is 1. The van der Waals surface area contributed by atoms with Crippen molar-refractivity contribution in [1.29, 1.82) is 0 Å². The van der Waals surface area contributed by atoms with Crippen LogP contribution in [0.5, 0.6) is 0 Å². The van der Waals surface area contributed by atoms with E-state index in [1.165, 1.54) is 6.08 Å². The predicted octanol–water partition coefficient (Wildman–Crippen LogP) is 0.492. The summed E-state index contributed by atoms with van der Waals surface area (Å²) in [5.41, 5.74) is 0. The van der Waals surface area contributed by atoms with Gasteiger partial charge in [-0.3, -0.25) is 4.79 Å². The van der Waals surface area contributed by atoms with E-state index in [2.05, 4.69) is 0 Å². The van der Waals surface area contributed by atoms with Crippen molar-refractivity contribution in [3.8, 4) is 0 Å². The average Bonchev–Trinajstić information content (AvgIpc) is 1.83. The van der Waals surface area contributed by atoms with E-state index in [4.69, 9.17) is 0 Å². The summed E-state index contributed by atoms with van der Waals surface area (Å²) in [5.74, 6) is -1.84. The summed E-state index contributed by atoms with van der Waals surface area (Å²) >= 11 is 0. The molecule has 0 bridgehead atoms. The third-order valence-corrected chi connectivity index (χ3v) is 1.01. The maximum Gasteiger partial charge on any atom is 0.213 e. The molecule has 2 N–H and O–H groups in total. The normalized spacial score (nSPS) is 23.6. The van der Waals surface area contributed by atoms with Crippen molar-refractivity contribution in [2.75, 3.05) is 0 Å². The predicted molar refractivity (Wildman–Crippen MR) is 31.8 cm³/mol. The van der Waals surface area contributed by atoms with E-state index >= 15 is 0 Å². The van der Waals surface area contributed by atoms with E-state index in [1.807, 2.05) is 0 Å². The minimum absolute atomic E-state index is 0. The van der Waals surface area contributed by atoms with E-state index in [0.717, 1.165) is 12.2 Å². The van der Waals surface area contributed by atoms with Crippen LogP contribution in [0.25, 0.3) is 0 Å². The molecule has 1 rings (SSSR count). The number of carbonyl (C=O) groups is 1. The number of carbonyl (C=O) groups excluding carboxylic acids is 1. The quantitative estimate of drug-likeness (QED) is 0.493. The Balaban J connectivity index is 0.000000810. The van der Waals surface area contributed by atoms with Crippen LogP contribution in [-0.4, -0.2) is 17.4 Å². The molecule has 0 saturated heterocycles. The first-order valence-corrected chi connectivity index (χ1v) is 2.43. The third kappa shape index (κ3) is 1.48. The van der Waals surface area contributed by atoms with Crippen molar-refractivity contribution in [2.45, 2.75) is 6.17 Å². The zero-order valence-corrected chi connectivity index (χ0v) is 4.97. The smallest absolute Gasteiger partial charge is 0.213 e. The minimum atomic E-state index is -2.06. The molecule has 1 aliphatic rings. The van der Waals surface area contributed by atoms with Crippen LogP contribution in [0.2, 0.25) is 0 Å². The molecule has 0 spiro atoms. The largest absolute Gasteiger partial charge is 0.412 e. The van der Waals surface area contributed by atoms with Gasteiger partial charge in [0, 0.05) is 0 Å². The van der Waals surface area contributed by atoms with Gasteiger partial charge in [-0.25, -0.2) is 8.78 Å². The Bertz CT molecular complexity index is 196. The van der Waals surface area contributed by atoms with Gasteiger partial charge in [-0.05, 0) is 12.2 Å². The lowest BCUT2D eigenvalue weighted by molar-refractivity contribution is -0.118. The van der Waals surface area contributed by atoms with Crippen LogP contribution in [0.1, 0.15) is 0 Å². The molecule has 0 heterocycles. The number of hydrogen-bond acceptors (Lipinski definition) is 1. The first-order chi connectivity index (χ1) is 4.22. The van der Waals surface area contributed by atoms with E-state index in [1.54, 1.807) is 0 Å². The van der Waals surface area contributed by atoms with Gasteiger partial charge >= 0.3 is 0 Å². The summed E-state index contributed by atoms with van der Waals surface area (Å²) in [6.45, 7) is 0. The molecule has 1 aliphatic carbocycles. The molecule has 4 heteroatoms. The summed E-state index contributed by atoms with van der Waals surface area (Å²) < 4.78 is 24.2. The highest BCUT2D eigenvalue weighted by Gasteiger charge is 2.21. The van der Waals surface area contributed by atoms with Gasteiger partial charge in [-0.15, -0.1) is 0 Å². The second-order valence-corrected chi connectivity index (χ2v) is 1.68. The van der Waals surface area contributed by atoms with Crippen molar-refractivity contribution in [3.63, 3.8) is 0 Å². The van der Waals surface area contributed by atoms with Crippen molar-refractivity contribution >= 4 is 5.78 Å². The molecule has 10 heavy (non-hydrogen) atoms. The van der Waals surface area contributed by atoms with Gasteiger partial charge in [-0.1, -0.05) is 6.08 Å². The van der Waals surface area contributed by atoms with Crippen molar-refractivity contribution in [3.05, 3.63) is 24.1 Å². The first kappa shape index (κ1) is 8.97. The lowest BCUT2D eigenvalue weighted by Gasteiger charge is -2.02. The molecule has 0 aromatic carbocycles. The number of rotatable bonds is 0. The lowest BCUT2D eigenvalue weighted by atomic mass is 10.1. The van der Waals surface area contributed by atoms with Gasteiger partial charge in [0.1, 0.15) is 5.83 Å². The second-order valence-electron chi connectivity index (χ2n) is 1.68. The fraction of sp³-hybridized carbons (Fsp3) is 0.167. The zero-order chi connectivity index (χ0) is 6.85. The maximum atomic E-state index is 12.1. The van der Waals surface area contributed by atoms with Crippen LogP contribution in [0.4, 0.5) is 8.78 Å². The summed E-state index contributed by atoms with van der Waals surface area (Å²) in [6, 6.07) is 0. The molecule has 0 radical (unpaired) electrons. The summed E-state index contributed by atoms with van der Waals surface area (Å²) in [5, 5.41) is 0. The lowest BCUT2D eigenvalue weighted by Crippen LogP contribution is -2.15. The fourth-order valence-electron chi connectivity index (χ4n) is 0.540. The minimum Gasteiger partial charge on any atom is -0.412 e. The highest BCUT2D eigenvalue weighted by molar-refractivity contribution is 5.96. The Morgan fingerprint density at radius 2 is 2.10 bits per heavy atom. The molecule has 0 fully saturated rings. The van der Waals surface area contributed by atoms with Crippen LogP contribution in [0, 0.1) is 0 Å². The number of hydrogen-bond donors (Lipinski definition) is 0. The molecular weight excluding hydrogens is 142 g/mol. The first-order valence-electron chi connectivity index (χ1n) is 2.43. The standard InChI is InChI=1S/C6H4F2O.H2O/c7-4-2-1-3-5(9)6(4)8;/h1-3,6H;1H2. The van der Waals surface area contributed by atoms with Gasteiger partial charge in [0.05, 0.1) is 0 Å². The highest BCUT2D eigenvalue weighted by atomic mass is 19.2. The van der Waals surface area contributed by atoms with Crippen LogP contribution in [0.3, 0.4) is 0 Å². The van der Waals surface area contributed by atoms with Gasteiger partial charge in [0.2, 0.25) is 6.17 Å². The Kier molecular flexibility index (Phi) is 2.89. The van der Waals surface area contributed by atoms with E-state index in [-0.39, 0.29) is 5.48 Å². The highest BCUT2D eigenvalue weighted by Crippen LogP contribution is 2.13. The zero-order valence-electron chi connectivity index (χ0n) is 4.97. The van der Waals surface area contributed by atoms with Gasteiger partial charge in [-0.2, -0.15) is 0 Å². The van der Waals surface area contributed by atoms with E-state index in [0.29, 0.717) is 0 Å². The fourth-order valence-corrected chi connectivity index (χ4v) is 0.540. The summed E-state index contributed by atoms with van der Waals surface area (Å²) in [6.07, 6.45) is 1.07. The SMILES string of the molecule is O.O=C1C=CC=C(F)C1F. The number of allylic oxidation sites excluding steroid dienone is 4. The summed E-state index contributed by atoms with van der Waals surface area (Å²) in [7, 11) is 0. The number of ketones is 1. The van der Waals surface area contributed by atoms with Gasteiger partial charge in [0.25, 0.3) is 0 Å². The third-order valence-electron chi connectivity index (χ3n) is 1.01. The van der Waals surface area contributed by atoms with Crippen molar-refractivity contribution in [2.24, 2.45) is 0 Å². The van der Waals surface area contributed by atoms with Gasteiger partial charge in [0.15, 0.2) is 5.78 Å². The number of halogens is 2. The average molecular weight is 148 g/mol. The van der Waals surface area contributed by atoms with Crippen LogP contribution < -0.4 is 0 Å². The molecular formula is C6H6F2O2. The Labute approximate surface area is 56.2 Å². The molecule has 0 aromatic heterocycles. The van der Waals surface area contributed by atoms with Gasteiger partial charge < -0.3 is 5.48 Å². The van der Waals surface area contributed by atoms with Crippen molar-refractivity contribution < 1.29 is 19.1 Å². The second kappa shape index (κ2) is 3.22. The maximum absolute atomic E-state index is 12.1. The molecule has 1 unspecified atom stereocenters. The van der Waals surface area contributed by atoms with Crippen LogP contribution >= 0.6 is 0 Å². The molecule has 0 amide bonds. The summed E-state index contributed by atoms with van der Waals surface area (Å²) in [4.78, 5) is 10.3. The molecule has 56 valence electrons. The van der Waals surface area contributed by atoms with Crippen molar-refractivity contribution in [1.82, 2.24) is 0 Å². The topological polar surface area (TPSA) is 48.6 Å². The molecule has 0 aromatic rings. The molecule has 0 saturated carbocycles. The van der Waals surface area contributed by atoms with E-state index in [9.17, 15) is 13.6 Å².